The molecule has 0 saturated carbocycles. The Kier molecular flexibility index (Phi) is 7.37. The normalized spacial score (nSPS) is 10.0. The van der Waals surface area contributed by atoms with Crippen molar-refractivity contribution in [2.24, 2.45) is 0 Å². The predicted octanol–water partition coefficient (Wildman–Crippen LogP) is 2.42. The third-order valence-electron chi connectivity index (χ3n) is 3.49. The molecule has 0 saturated heterocycles. The Hall–Kier alpha value is -3.35. The molecule has 7 nitrogen and oxygen atoms in total. The molecule has 7 heteroatoms. The van der Waals surface area contributed by atoms with Gasteiger partial charge in [0, 0.05) is 17.8 Å². The summed E-state index contributed by atoms with van der Waals surface area (Å²) in [6.07, 6.45) is 0. The topological polar surface area (TPSA) is 93.7 Å². The number of rotatable bonds is 9. The molecule has 2 N–H and O–H groups in total. The Balaban J connectivity index is 1.81. The maximum absolute atomic E-state index is 12.0. The highest BCUT2D eigenvalue weighted by atomic mass is 16.5. The van der Waals surface area contributed by atoms with E-state index in [2.05, 4.69) is 10.6 Å². The summed E-state index contributed by atoms with van der Waals surface area (Å²) >= 11 is 0. The van der Waals surface area contributed by atoms with E-state index >= 15 is 0 Å². The number of carbonyl (C=O) groups is 3. The summed E-state index contributed by atoms with van der Waals surface area (Å²) < 4.78 is 10.7. The molecule has 0 heterocycles. The molecule has 142 valence electrons. The predicted molar refractivity (Wildman–Crippen MR) is 101 cm³/mol. The number of hydrogen-bond acceptors (Lipinski definition) is 5. The van der Waals surface area contributed by atoms with E-state index in [0.717, 1.165) is 0 Å². The minimum absolute atomic E-state index is 0.0628. The molecule has 2 rings (SSSR count). The van der Waals surface area contributed by atoms with Crippen molar-refractivity contribution in [3.05, 3.63) is 54.1 Å². The monoisotopic (exact) mass is 370 g/mol. The van der Waals surface area contributed by atoms with E-state index in [1.165, 1.54) is 6.92 Å². The first kappa shape index (κ1) is 20.0. The maximum Gasteiger partial charge on any atom is 0.262 e. The summed E-state index contributed by atoms with van der Waals surface area (Å²) in [6, 6.07) is 13.3. The van der Waals surface area contributed by atoms with Crippen LogP contribution in [0, 0.1) is 0 Å². The zero-order chi connectivity index (χ0) is 19.6. The third-order valence-corrected chi connectivity index (χ3v) is 3.49. The van der Waals surface area contributed by atoms with Crippen molar-refractivity contribution < 1.29 is 23.9 Å². The summed E-state index contributed by atoms with van der Waals surface area (Å²) in [7, 11) is 0. The molecular formula is C20H22N2O5. The smallest absolute Gasteiger partial charge is 0.262 e. The molecule has 2 aromatic carbocycles. The lowest BCUT2D eigenvalue weighted by atomic mass is 10.1. The van der Waals surface area contributed by atoms with Crippen molar-refractivity contribution in [1.29, 1.82) is 0 Å². The number of ketones is 1. The van der Waals surface area contributed by atoms with Crippen LogP contribution in [0.3, 0.4) is 0 Å². The highest BCUT2D eigenvalue weighted by molar-refractivity contribution is 5.94. The number of Topliss-reactive ketones (excluding diaryl/α,β-unsaturated/α-hetero) is 1. The van der Waals surface area contributed by atoms with Crippen LogP contribution in [0.2, 0.25) is 0 Å². The number of hydrogen-bond donors (Lipinski definition) is 2. The van der Waals surface area contributed by atoms with Gasteiger partial charge in [-0.05, 0) is 50.2 Å². The first-order valence-corrected chi connectivity index (χ1v) is 8.51. The number of anilines is 1. The number of ether oxygens (including phenoxy) is 2. The lowest BCUT2D eigenvalue weighted by Crippen LogP contribution is -2.28. The molecule has 0 unspecified atom stereocenters. The third kappa shape index (κ3) is 6.81. The number of carbonyl (C=O) groups excluding carboxylic acids is 3. The minimum Gasteiger partial charge on any atom is -0.484 e. The minimum atomic E-state index is -0.334. The largest absolute Gasteiger partial charge is 0.484 e. The average molecular weight is 370 g/mol. The van der Waals surface area contributed by atoms with Crippen LogP contribution in [0.5, 0.6) is 11.5 Å². The van der Waals surface area contributed by atoms with E-state index in [1.54, 1.807) is 48.5 Å². The van der Waals surface area contributed by atoms with Crippen LogP contribution in [0.15, 0.2) is 48.5 Å². The molecule has 2 amide bonds. The molecule has 0 bridgehead atoms. The van der Waals surface area contributed by atoms with Gasteiger partial charge in [-0.25, -0.2) is 0 Å². The molecule has 0 aliphatic rings. The quantitative estimate of drug-likeness (QED) is 0.661. The van der Waals surface area contributed by atoms with Gasteiger partial charge in [-0.3, -0.25) is 14.4 Å². The van der Waals surface area contributed by atoms with E-state index < -0.39 is 0 Å². The van der Waals surface area contributed by atoms with E-state index in [1.807, 2.05) is 6.92 Å². The molecule has 0 aliphatic carbocycles. The lowest BCUT2D eigenvalue weighted by Gasteiger charge is -2.09. The maximum atomic E-state index is 12.0. The Labute approximate surface area is 157 Å². The van der Waals surface area contributed by atoms with Crippen molar-refractivity contribution in [1.82, 2.24) is 5.32 Å². The van der Waals surface area contributed by atoms with Gasteiger partial charge in [0.1, 0.15) is 11.5 Å². The average Bonchev–Trinajstić information content (AvgIpc) is 2.66. The first-order valence-electron chi connectivity index (χ1n) is 8.51. The first-order chi connectivity index (χ1) is 13.0. The van der Waals surface area contributed by atoms with Crippen LogP contribution in [0.1, 0.15) is 24.2 Å². The number of benzene rings is 2. The number of likely N-dealkylation sites (N-methyl/N-ethyl adjacent to an activating group) is 1. The van der Waals surface area contributed by atoms with Gasteiger partial charge in [0.25, 0.3) is 11.8 Å². The number of amides is 2. The second-order valence-electron chi connectivity index (χ2n) is 5.69. The van der Waals surface area contributed by atoms with Crippen molar-refractivity contribution in [2.45, 2.75) is 13.8 Å². The molecule has 0 radical (unpaired) electrons. The van der Waals surface area contributed by atoms with Crippen LogP contribution >= 0.6 is 0 Å². The molecule has 0 aliphatic heterocycles. The number of nitrogens with one attached hydrogen (secondary N) is 2. The van der Waals surface area contributed by atoms with E-state index in [9.17, 15) is 14.4 Å². The summed E-state index contributed by atoms with van der Waals surface area (Å²) in [5.74, 6) is 0.378. The fourth-order valence-corrected chi connectivity index (χ4v) is 2.18. The summed E-state index contributed by atoms with van der Waals surface area (Å²) in [5.41, 5.74) is 1.10. The Bertz CT molecular complexity index is 802. The van der Waals surface area contributed by atoms with E-state index in [-0.39, 0.29) is 30.8 Å². The van der Waals surface area contributed by atoms with Gasteiger partial charge in [0.15, 0.2) is 19.0 Å². The van der Waals surface area contributed by atoms with Crippen LogP contribution in [0.4, 0.5) is 5.69 Å². The van der Waals surface area contributed by atoms with Crippen LogP contribution < -0.4 is 20.1 Å². The van der Waals surface area contributed by atoms with E-state index in [4.69, 9.17) is 9.47 Å². The summed E-state index contributed by atoms with van der Waals surface area (Å²) in [4.78, 5) is 34.7. The summed E-state index contributed by atoms with van der Waals surface area (Å²) in [5, 5.41) is 5.33. The van der Waals surface area contributed by atoms with E-state index in [0.29, 0.717) is 29.3 Å². The molecule has 2 aromatic rings. The molecule has 0 fully saturated rings. The van der Waals surface area contributed by atoms with Crippen LogP contribution in [-0.2, 0) is 9.59 Å². The Morgan fingerprint density at radius 1 is 0.889 bits per heavy atom. The molecule has 0 atom stereocenters. The highest BCUT2D eigenvalue weighted by Gasteiger charge is 2.06. The van der Waals surface area contributed by atoms with Crippen molar-refractivity contribution in [3.63, 3.8) is 0 Å². The Morgan fingerprint density at radius 3 is 2.22 bits per heavy atom. The Morgan fingerprint density at radius 2 is 1.56 bits per heavy atom. The highest BCUT2D eigenvalue weighted by Crippen LogP contribution is 2.16. The zero-order valence-corrected chi connectivity index (χ0v) is 15.3. The fourth-order valence-electron chi connectivity index (χ4n) is 2.18. The van der Waals surface area contributed by atoms with Crippen molar-refractivity contribution in [3.8, 4) is 11.5 Å². The van der Waals surface area contributed by atoms with Gasteiger partial charge in [-0.2, -0.15) is 0 Å². The molecule has 0 aromatic heterocycles. The second-order valence-corrected chi connectivity index (χ2v) is 5.69. The van der Waals surface area contributed by atoms with Crippen LogP contribution in [-0.4, -0.2) is 37.4 Å². The van der Waals surface area contributed by atoms with Crippen LogP contribution in [0.25, 0.3) is 0 Å². The second kappa shape index (κ2) is 9.96. The standard InChI is InChI=1S/C20H22N2O5/c1-3-21-19(24)12-26-17-9-7-16(8-10-17)22-20(25)13-27-18-6-4-5-15(11-18)14(2)23/h4-11H,3,12-13H2,1-2H3,(H,21,24)(H,22,25). The SMILES string of the molecule is CCNC(=O)COc1ccc(NC(=O)COc2cccc(C(C)=O)c2)cc1. The van der Waals surface area contributed by atoms with Gasteiger partial charge in [-0.15, -0.1) is 0 Å². The summed E-state index contributed by atoms with van der Waals surface area (Å²) in [6.45, 7) is 3.60. The lowest BCUT2D eigenvalue weighted by molar-refractivity contribution is -0.123. The van der Waals surface area contributed by atoms with Gasteiger partial charge < -0.3 is 20.1 Å². The molecular weight excluding hydrogens is 348 g/mol. The molecule has 27 heavy (non-hydrogen) atoms. The van der Waals surface area contributed by atoms with Gasteiger partial charge in [0.05, 0.1) is 0 Å². The fraction of sp³-hybridized carbons (Fsp3) is 0.250. The van der Waals surface area contributed by atoms with Crippen molar-refractivity contribution >= 4 is 23.3 Å². The van der Waals surface area contributed by atoms with Gasteiger partial charge in [0.2, 0.25) is 0 Å². The van der Waals surface area contributed by atoms with Crippen molar-refractivity contribution in [2.75, 3.05) is 25.1 Å². The van der Waals surface area contributed by atoms with Gasteiger partial charge >= 0.3 is 0 Å². The molecule has 0 spiro atoms. The zero-order valence-electron chi connectivity index (χ0n) is 15.3. The van der Waals surface area contributed by atoms with Gasteiger partial charge in [-0.1, -0.05) is 12.1 Å².